The van der Waals surface area contributed by atoms with Gasteiger partial charge in [-0.2, -0.15) is 0 Å². The summed E-state index contributed by atoms with van der Waals surface area (Å²) in [7, 11) is 0. The Morgan fingerprint density at radius 1 is 0.781 bits per heavy atom. The highest BCUT2D eigenvalue weighted by molar-refractivity contribution is 5.85. The van der Waals surface area contributed by atoms with Crippen LogP contribution in [0, 0.1) is 62.6 Å². The van der Waals surface area contributed by atoms with Gasteiger partial charge in [-0.15, -0.1) is 0 Å². The quantitative estimate of drug-likeness (QED) is 0.428. The van der Waals surface area contributed by atoms with Crippen LogP contribution in [0.3, 0.4) is 0 Å². The first-order chi connectivity index (χ1) is 14.7. The van der Waals surface area contributed by atoms with E-state index in [4.69, 9.17) is 0 Å². The second kappa shape index (κ2) is 6.86. The maximum absolute atomic E-state index is 12.9. The molecule has 2 nitrogen and oxygen atoms in total. The van der Waals surface area contributed by atoms with Gasteiger partial charge in [-0.1, -0.05) is 55.4 Å². The molecule has 182 valence electrons. The van der Waals surface area contributed by atoms with Gasteiger partial charge in [-0.3, -0.25) is 4.79 Å². The molecule has 5 saturated carbocycles. The van der Waals surface area contributed by atoms with E-state index < -0.39 is 0 Å². The number of carbonyl (C=O) groups is 1. The fourth-order valence-corrected chi connectivity index (χ4v) is 11.5. The zero-order valence-electron chi connectivity index (χ0n) is 22.3. The molecular formula is C30H50O2. The van der Waals surface area contributed by atoms with Crippen LogP contribution < -0.4 is 0 Å². The van der Waals surface area contributed by atoms with Crippen LogP contribution in [-0.4, -0.2) is 17.0 Å². The van der Waals surface area contributed by atoms with Gasteiger partial charge in [0.1, 0.15) is 5.78 Å². The molecule has 32 heavy (non-hydrogen) atoms. The molecular weight excluding hydrogens is 392 g/mol. The molecule has 1 N–H and O–H groups in total. The van der Waals surface area contributed by atoms with Gasteiger partial charge in [0.15, 0.2) is 0 Å². The van der Waals surface area contributed by atoms with Gasteiger partial charge in [-0.05, 0) is 109 Å². The summed E-state index contributed by atoms with van der Waals surface area (Å²) in [5.74, 6) is 4.54. The van der Waals surface area contributed by atoms with Crippen LogP contribution in [0.4, 0.5) is 0 Å². The Labute approximate surface area is 197 Å². The van der Waals surface area contributed by atoms with Crippen LogP contribution in [0.15, 0.2) is 0 Å². The van der Waals surface area contributed by atoms with E-state index in [1.165, 1.54) is 38.5 Å². The van der Waals surface area contributed by atoms with E-state index in [0.717, 1.165) is 31.1 Å². The van der Waals surface area contributed by atoms with E-state index in [0.29, 0.717) is 29.5 Å². The summed E-state index contributed by atoms with van der Waals surface area (Å²) in [6, 6.07) is 0. The monoisotopic (exact) mass is 442 g/mol. The highest BCUT2D eigenvalue weighted by Gasteiger charge is 2.71. The number of aliphatic hydroxyl groups is 1. The minimum Gasteiger partial charge on any atom is -0.393 e. The van der Waals surface area contributed by atoms with Gasteiger partial charge in [0.05, 0.1) is 6.10 Å². The number of Topliss-reactive ketones (excluding diaryl/α,β-unsaturated/α-hetero) is 1. The van der Waals surface area contributed by atoms with Crippen molar-refractivity contribution in [2.24, 2.45) is 62.6 Å². The number of carbonyl (C=O) groups excluding carboxylic acids is 1. The number of aliphatic hydroxyl groups excluding tert-OH is 1. The maximum Gasteiger partial charge on any atom is 0.138 e. The maximum atomic E-state index is 12.9. The van der Waals surface area contributed by atoms with Crippen LogP contribution >= 0.6 is 0 Å². The van der Waals surface area contributed by atoms with Crippen molar-refractivity contribution in [2.45, 2.75) is 119 Å². The van der Waals surface area contributed by atoms with Crippen LogP contribution in [0.1, 0.15) is 113 Å². The van der Waals surface area contributed by atoms with Crippen LogP contribution in [0.25, 0.3) is 0 Å². The van der Waals surface area contributed by atoms with Crippen molar-refractivity contribution in [1.82, 2.24) is 0 Å². The van der Waals surface area contributed by atoms with E-state index in [1.807, 2.05) is 0 Å². The molecule has 0 aromatic carbocycles. The summed E-state index contributed by atoms with van der Waals surface area (Å²) in [6.07, 6.45) is 10.2. The lowest BCUT2D eigenvalue weighted by atomic mass is 9.31. The van der Waals surface area contributed by atoms with Crippen LogP contribution in [-0.2, 0) is 4.79 Å². The van der Waals surface area contributed by atoms with Gasteiger partial charge in [0.2, 0.25) is 0 Å². The summed E-state index contributed by atoms with van der Waals surface area (Å²) in [5, 5.41) is 11.7. The Morgan fingerprint density at radius 2 is 1.47 bits per heavy atom. The Kier molecular flexibility index (Phi) is 5.01. The van der Waals surface area contributed by atoms with Gasteiger partial charge >= 0.3 is 0 Å². The first kappa shape index (κ1) is 23.4. The van der Waals surface area contributed by atoms with Crippen molar-refractivity contribution in [1.29, 1.82) is 0 Å². The molecule has 5 fully saturated rings. The first-order valence-electron chi connectivity index (χ1n) is 13.9. The van der Waals surface area contributed by atoms with Crippen molar-refractivity contribution in [3.63, 3.8) is 0 Å². The Hall–Kier alpha value is -0.370. The first-order valence-corrected chi connectivity index (χ1v) is 13.9. The van der Waals surface area contributed by atoms with Crippen molar-refractivity contribution in [3.8, 4) is 0 Å². The SMILES string of the molecule is C[C@@H]1[C@H]2[C@H]3CC[C@@H]4[C@@]5(C)CCC(=O)C(C)(C)[C@@H]5CC[C@@]4(C)[C@]3(C)CC(O)[C@@]2(C)CC[C@H]1C. The smallest absolute Gasteiger partial charge is 0.138 e. The molecule has 0 saturated heterocycles. The average Bonchev–Trinajstić information content (AvgIpc) is 2.70. The van der Waals surface area contributed by atoms with Crippen molar-refractivity contribution >= 4 is 5.78 Å². The molecule has 5 aliphatic rings. The summed E-state index contributed by atoms with van der Waals surface area (Å²) in [5.41, 5.74) is 0.643. The molecule has 0 aromatic rings. The predicted molar refractivity (Wildman–Crippen MR) is 131 cm³/mol. The lowest BCUT2D eigenvalue weighted by molar-refractivity contribution is -0.267. The zero-order chi connectivity index (χ0) is 23.5. The Balaban J connectivity index is 1.57. The number of ketones is 1. The molecule has 0 spiro atoms. The second-order valence-corrected chi connectivity index (χ2v) is 14.9. The van der Waals surface area contributed by atoms with E-state index in [-0.39, 0.29) is 33.2 Å². The fourth-order valence-electron chi connectivity index (χ4n) is 11.5. The lowest BCUT2D eigenvalue weighted by Gasteiger charge is -2.74. The van der Waals surface area contributed by atoms with E-state index >= 15 is 0 Å². The molecule has 5 aliphatic carbocycles. The number of hydrogen-bond donors (Lipinski definition) is 1. The third-order valence-corrected chi connectivity index (χ3v) is 13.9. The minimum atomic E-state index is -0.177. The third kappa shape index (κ3) is 2.60. The van der Waals surface area contributed by atoms with Crippen LogP contribution in [0.5, 0.6) is 0 Å². The van der Waals surface area contributed by atoms with Gasteiger partial charge < -0.3 is 5.11 Å². The molecule has 0 bridgehead atoms. The molecule has 0 amide bonds. The average molecular weight is 443 g/mol. The summed E-state index contributed by atoms with van der Waals surface area (Å²) >= 11 is 0. The normalized spacial score (nSPS) is 59.4. The highest BCUT2D eigenvalue weighted by Crippen LogP contribution is 2.76. The van der Waals surface area contributed by atoms with E-state index in [1.54, 1.807) is 0 Å². The fraction of sp³-hybridized carbons (Fsp3) is 0.967. The number of hydrogen-bond acceptors (Lipinski definition) is 2. The zero-order valence-corrected chi connectivity index (χ0v) is 22.3. The van der Waals surface area contributed by atoms with Gasteiger partial charge in [0.25, 0.3) is 0 Å². The summed E-state index contributed by atoms with van der Waals surface area (Å²) in [6.45, 7) is 19.7. The molecule has 0 radical (unpaired) electrons. The van der Waals surface area contributed by atoms with E-state index in [2.05, 4.69) is 55.4 Å². The lowest BCUT2D eigenvalue weighted by Crippen LogP contribution is -2.69. The highest BCUT2D eigenvalue weighted by atomic mass is 16.3. The Bertz CT molecular complexity index is 801. The van der Waals surface area contributed by atoms with Crippen molar-refractivity contribution in [3.05, 3.63) is 0 Å². The van der Waals surface area contributed by atoms with Crippen molar-refractivity contribution < 1.29 is 9.90 Å². The Morgan fingerprint density at radius 3 is 2.16 bits per heavy atom. The van der Waals surface area contributed by atoms with Crippen molar-refractivity contribution in [2.75, 3.05) is 0 Å². The molecule has 11 atom stereocenters. The molecule has 0 aromatic heterocycles. The molecule has 2 heteroatoms. The topological polar surface area (TPSA) is 37.3 Å². The van der Waals surface area contributed by atoms with Gasteiger partial charge in [-0.25, -0.2) is 0 Å². The summed E-state index contributed by atoms with van der Waals surface area (Å²) < 4.78 is 0. The van der Waals surface area contributed by atoms with E-state index in [9.17, 15) is 9.90 Å². The van der Waals surface area contributed by atoms with Gasteiger partial charge in [0, 0.05) is 11.8 Å². The molecule has 1 unspecified atom stereocenters. The van der Waals surface area contributed by atoms with Crippen LogP contribution in [0.2, 0.25) is 0 Å². The minimum absolute atomic E-state index is 0.0969. The third-order valence-electron chi connectivity index (χ3n) is 13.9. The second-order valence-electron chi connectivity index (χ2n) is 14.9. The molecule has 0 aliphatic heterocycles. The number of rotatable bonds is 0. The largest absolute Gasteiger partial charge is 0.393 e. The standard InChI is InChI=1S/C30H50O2/c1-18-11-14-28(6)24(32)17-30(8)20(25(28)19(18)2)9-10-22-27(5)15-13-23(31)26(3,4)21(27)12-16-29(22,30)7/h18-22,24-25,32H,9-17H2,1-8H3/t18-,19+,20-,21+,22-,24?,25+,27+,28-,29-,30-/m1/s1. The molecule has 5 rings (SSSR count). The molecule has 0 heterocycles. The number of fused-ring (bicyclic) bond motifs is 7. The predicted octanol–water partition coefficient (Wildman–Crippen LogP) is 7.28. The summed E-state index contributed by atoms with van der Waals surface area (Å²) in [4.78, 5) is 12.9.